The Labute approximate surface area is 376 Å². The van der Waals surface area contributed by atoms with Crippen LogP contribution >= 0.6 is 0 Å². The van der Waals surface area contributed by atoms with E-state index in [0.29, 0.717) is 0 Å². The summed E-state index contributed by atoms with van der Waals surface area (Å²) in [5.41, 5.74) is 21.6. The van der Waals surface area contributed by atoms with E-state index in [0.717, 1.165) is 6.42 Å². The highest BCUT2D eigenvalue weighted by Crippen LogP contribution is 2.52. The number of benzene rings is 8. The van der Waals surface area contributed by atoms with Gasteiger partial charge in [-0.05, 0) is 121 Å². The lowest BCUT2D eigenvalue weighted by Gasteiger charge is -2.35. The smallest absolute Gasteiger partial charge is 0.0630 e. The molecule has 0 saturated heterocycles. The Morgan fingerprint density at radius 3 is 1.73 bits per heavy atom. The minimum absolute atomic E-state index is 0.0985. The zero-order chi connectivity index (χ0) is 42.4. The van der Waals surface area contributed by atoms with Crippen molar-refractivity contribution < 1.29 is 0 Å². The summed E-state index contributed by atoms with van der Waals surface area (Å²) in [5, 5.41) is 0. The highest BCUT2D eigenvalue weighted by Gasteiger charge is 2.38. The van der Waals surface area contributed by atoms with Crippen LogP contribution in [0.25, 0.3) is 33.4 Å². The van der Waals surface area contributed by atoms with E-state index in [4.69, 9.17) is 0 Å². The molecule has 8 aromatic carbocycles. The molecule has 0 bridgehead atoms. The van der Waals surface area contributed by atoms with Crippen molar-refractivity contribution >= 4 is 45.0 Å². The van der Waals surface area contributed by atoms with Crippen LogP contribution in [-0.4, -0.2) is 12.1 Å². The Hall–Kier alpha value is -7.94. The first-order chi connectivity index (χ1) is 31.8. The third-order valence-electron chi connectivity index (χ3n) is 13.5. The van der Waals surface area contributed by atoms with Crippen LogP contribution in [0.4, 0.5) is 22.7 Å². The molecule has 4 aliphatic rings. The van der Waals surface area contributed by atoms with Gasteiger partial charge in [-0.3, -0.25) is 0 Å². The number of rotatable bonds is 8. The Morgan fingerprint density at radius 2 is 1.03 bits per heavy atom. The van der Waals surface area contributed by atoms with Gasteiger partial charge >= 0.3 is 0 Å². The summed E-state index contributed by atoms with van der Waals surface area (Å²) < 4.78 is 0. The zero-order valence-electron chi connectivity index (χ0n) is 35.5. The van der Waals surface area contributed by atoms with Crippen LogP contribution in [0.15, 0.2) is 254 Å². The molecule has 2 heteroatoms. The molecule has 0 aromatic heterocycles. The number of allylic oxidation sites excluding steroid dienone is 5. The summed E-state index contributed by atoms with van der Waals surface area (Å²) in [6.45, 7) is 0. The van der Waals surface area contributed by atoms with Gasteiger partial charge in [0.15, 0.2) is 0 Å². The Bertz CT molecular complexity index is 3110. The summed E-state index contributed by atoms with van der Waals surface area (Å²) in [4.78, 5) is 5.05. The van der Waals surface area contributed by atoms with Crippen molar-refractivity contribution in [2.24, 2.45) is 0 Å². The van der Waals surface area contributed by atoms with Gasteiger partial charge < -0.3 is 9.80 Å². The van der Waals surface area contributed by atoms with Crippen molar-refractivity contribution in [3.63, 3.8) is 0 Å². The van der Waals surface area contributed by atoms with Crippen LogP contribution in [-0.2, 0) is 0 Å². The average molecular weight is 819 g/mol. The quantitative estimate of drug-likeness (QED) is 0.151. The summed E-state index contributed by atoms with van der Waals surface area (Å²) >= 11 is 0. The third kappa shape index (κ3) is 6.58. The maximum atomic E-state index is 2.53. The first-order valence-electron chi connectivity index (χ1n) is 22.5. The topological polar surface area (TPSA) is 6.48 Å². The van der Waals surface area contributed by atoms with Crippen LogP contribution in [0, 0.1) is 0 Å². The van der Waals surface area contributed by atoms with Gasteiger partial charge in [-0.2, -0.15) is 0 Å². The molecule has 0 spiro atoms. The molecule has 0 saturated carbocycles. The normalized spacial score (nSPS) is 17.9. The molecule has 0 amide bonds. The number of para-hydroxylation sites is 2. The summed E-state index contributed by atoms with van der Waals surface area (Å²) in [6, 6.07) is 80.0. The molecular weight excluding hydrogens is 773 g/mol. The highest BCUT2D eigenvalue weighted by atomic mass is 15.2. The minimum Gasteiger partial charge on any atom is -0.334 e. The fraction of sp³-hybridized carbons (Fsp3) is 0.0645. The van der Waals surface area contributed by atoms with Crippen molar-refractivity contribution in [2.75, 3.05) is 9.80 Å². The molecule has 1 heterocycles. The fourth-order valence-corrected chi connectivity index (χ4v) is 10.6. The lowest BCUT2D eigenvalue weighted by molar-refractivity contribution is 0.747. The van der Waals surface area contributed by atoms with E-state index in [1.807, 2.05) is 0 Å². The van der Waals surface area contributed by atoms with E-state index < -0.39 is 0 Å². The monoisotopic (exact) mass is 818 g/mol. The van der Waals surface area contributed by atoms with E-state index in [-0.39, 0.29) is 18.0 Å². The van der Waals surface area contributed by atoms with Gasteiger partial charge in [0.25, 0.3) is 0 Å². The fourth-order valence-electron chi connectivity index (χ4n) is 10.6. The van der Waals surface area contributed by atoms with E-state index in [1.54, 1.807) is 0 Å². The summed E-state index contributed by atoms with van der Waals surface area (Å²) in [7, 11) is 0. The Kier molecular flexibility index (Phi) is 9.49. The van der Waals surface area contributed by atoms with Crippen LogP contribution in [0.3, 0.4) is 0 Å². The summed E-state index contributed by atoms with van der Waals surface area (Å²) in [5.74, 6) is 0.245. The number of fused-ring (bicyclic) bond motifs is 5. The largest absolute Gasteiger partial charge is 0.334 e. The van der Waals surface area contributed by atoms with Gasteiger partial charge in [0.05, 0.1) is 12.1 Å². The van der Waals surface area contributed by atoms with Crippen molar-refractivity contribution in [3.05, 3.63) is 288 Å². The van der Waals surface area contributed by atoms with Crippen LogP contribution in [0.2, 0.25) is 0 Å². The molecule has 0 N–H and O–H groups in total. The van der Waals surface area contributed by atoms with E-state index in [9.17, 15) is 0 Å². The molecular formula is C62H46N2. The molecule has 64 heavy (non-hydrogen) atoms. The minimum atomic E-state index is 0.0985. The van der Waals surface area contributed by atoms with Gasteiger partial charge in [0.1, 0.15) is 0 Å². The van der Waals surface area contributed by atoms with Crippen LogP contribution in [0.1, 0.15) is 45.7 Å². The second-order valence-corrected chi connectivity index (χ2v) is 17.1. The van der Waals surface area contributed by atoms with Crippen molar-refractivity contribution in [1.82, 2.24) is 0 Å². The van der Waals surface area contributed by atoms with Crippen LogP contribution < -0.4 is 9.80 Å². The van der Waals surface area contributed by atoms with Gasteiger partial charge in [0.2, 0.25) is 0 Å². The lowest BCUT2D eigenvalue weighted by atomic mass is 9.84. The predicted octanol–water partition coefficient (Wildman–Crippen LogP) is 15.5. The predicted molar refractivity (Wildman–Crippen MR) is 269 cm³/mol. The molecule has 1 aliphatic heterocycles. The molecule has 3 atom stereocenters. The molecule has 0 fully saturated rings. The van der Waals surface area contributed by atoms with Gasteiger partial charge in [0, 0.05) is 28.7 Å². The first kappa shape index (κ1) is 37.8. The molecule has 8 aromatic rings. The molecule has 0 radical (unpaired) electrons. The standard InChI is InChI=1S/C62H46N2/c1-5-17-43(18-6-1)44-29-36-51(37-30-44)64-59-28-16-15-26-55(59)57-41-48(33-40-60(57)64)45-31-34-50(35-32-45)63(49-23-11-4-12-24-49)52-38-39-54-53-25-13-14-27-56(53)62(58(54)42-52)61(46-19-7-2-8-20-46)47-21-9-3-10-22-47/h1-41,52,57,60H,42H2. The SMILES string of the molecule is C1=CC2C(C=C1c1ccc(N(c3ccccc3)C3C=CC4=C(C3)C(=C(c3ccccc3)c3ccccc3)c3ccccc34)cc1)c1ccccc1N2c1ccc(-c2ccccc2)cc1. The highest BCUT2D eigenvalue weighted by molar-refractivity contribution is 6.14. The molecule has 2 nitrogen and oxygen atoms in total. The zero-order valence-corrected chi connectivity index (χ0v) is 35.5. The maximum absolute atomic E-state index is 2.53. The second kappa shape index (κ2) is 16.1. The maximum Gasteiger partial charge on any atom is 0.0630 e. The summed E-state index contributed by atoms with van der Waals surface area (Å²) in [6.07, 6.45) is 12.9. The molecule has 3 aliphatic carbocycles. The average Bonchev–Trinajstić information content (AvgIpc) is 3.88. The lowest BCUT2D eigenvalue weighted by Crippen LogP contribution is -2.31. The van der Waals surface area contributed by atoms with E-state index >= 15 is 0 Å². The van der Waals surface area contributed by atoms with E-state index in [2.05, 4.69) is 259 Å². The van der Waals surface area contributed by atoms with Gasteiger partial charge in [-0.1, -0.05) is 206 Å². The van der Waals surface area contributed by atoms with Crippen molar-refractivity contribution in [2.45, 2.75) is 24.4 Å². The molecule has 304 valence electrons. The Morgan fingerprint density at radius 1 is 0.469 bits per heavy atom. The molecule has 3 unspecified atom stereocenters. The van der Waals surface area contributed by atoms with E-state index in [1.165, 1.54) is 95.1 Å². The third-order valence-corrected chi connectivity index (χ3v) is 13.5. The number of hydrogen-bond acceptors (Lipinski definition) is 2. The number of anilines is 4. The van der Waals surface area contributed by atoms with Crippen LogP contribution in [0.5, 0.6) is 0 Å². The Balaban J connectivity index is 0.877. The van der Waals surface area contributed by atoms with Gasteiger partial charge in [-0.25, -0.2) is 0 Å². The number of hydrogen-bond donors (Lipinski definition) is 0. The first-order valence-corrected chi connectivity index (χ1v) is 22.5. The number of nitrogens with zero attached hydrogens (tertiary/aromatic N) is 2. The molecule has 12 rings (SSSR count). The van der Waals surface area contributed by atoms with Crippen molar-refractivity contribution in [1.29, 1.82) is 0 Å². The van der Waals surface area contributed by atoms with Crippen molar-refractivity contribution in [3.8, 4) is 11.1 Å². The second-order valence-electron chi connectivity index (χ2n) is 17.1. The van der Waals surface area contributed by atoms with Gasteiger partial charge in [-0.15, -0.1) is 0 Å².